The van der Waals surface area contributed by atoms with Crippen LogP contribution in [-0.4, -0.2) is 41.6 Å². The van der Waals surface area contributed by atoms with Crippen LogP contribution in [0.15, 0.2) is 24.3 Å². The molecule has 2 rings (SSSR count). The van der Waals surface area contributed by atoms with Gasteiger partial charge in [-0.05, 0) is 49.7 Å². The van der Waals surface area contributed by atoms with Crippen LogP contribution in [0, 0.1) is 17.7 Å². The Balaban J connectivity index is 2.17. The maximum atomic E-state index is 13.3. The van der Waals surface area contributed by atoms with E-state index in [9.17, 15) is 9.18 Å². The molecule has 0 radical (unpaired) electrons. The van der Waals surface area contributed by atoms with Crippen LogP contribution in [-0.2, 0) is 4.79 Å². The van der Waals surface area contributed by atoms with Crippen LogP contribution in [0.2, 0.25) is 0 Å². The topological polar surface area (TPSA) is 44.4 Å². The van der Waals surface area contributed by atoms with Gasteiger partial charge in [0.15, 0.2) is 5.11 Å². The number of nitrogens with zero attached hydrogens (tertiary/aromatic N) is 1. The number of likely N-dealkylation sites (tertiary alicyclic amines) is 1. The van der Waals surface area contributed by atoms with Gasteiger partial charge in [0.2, 0.25) is 5.91 Å². The molecule has 2 atom stereocenters. The quantitative estimate of drug-likeness (QED) is 0.788. The Morgan fingerprint density at radius 1 is 1.24 bits per heavy atom. The summed E-state index contributed by atoms with van der Waals surface area (Å²) >= 11 is 5.48. The minimum absolute atomic E-state index is 0.000301. The Morgan fingerprint density at radius 3 is 2.44 bits per heavy atom. The fourth-order valence-corrected chi connectivity index (χ4v) is 3.44. The van der Waals surface area contributed by atoms with Crippen LogP contribution >= 0.6 is 12.2 Å². The third-order valence-electron chi connectivity index (χ3n) is 4.34. The van der Waals surface area contributed by atoms with Crippen molar-refractivity contribution in [2.45, 2.75) is 39.7 Å². The lowest BCUT2D eigenvalue weighted by molar-refractivity contribution is -0.125. The van der Waals surface area contributed by atoms with Gasteiger partial charge in [-0.2, -0.15) is 0 Å². The third kappa shape index (κ3) is 5.39. The molecule has 0 saturated carbocycles. The fourth-order valence-electron chi connectivity index (χ4n) is 3.06. The van der Waals surface area contributed by atoms with Crippen molar-refractivity contribution in [3.05, 3.63) is 35.6 Å². The zero-order valence-corrected chi connectivity index (χ0v) is 16.2. The number of hydrogen-bond acceptors (Lipinski definition) is 2. The van der Waals surface area contributed by atoms with Gasteiger partial charge in [-0.15, -0.1) is 0 Å². The maximum Gasteiger partial charge on any atom is 0.225 e. The molecule has 0 unspecified atom stereocenters. The fraction of sp³-hybridized carbons (Fsp3) is 0.579. The van der Waals surface area contributed by atoms with Crippen molar-refractivity contribution in [3.63, 3.8) is 0 Å². The van der Waals surface area contributed by atoms with Crippen LogP contribution in [0.1, 0.15) is 39.2 Å². The lowest BCUT2D eigenvalue weighted by Crippen LogP contribution is -2.42. The highest BCUT2D eigenvalue weighted by molar-refractivity contribution is 7.80. The Morgan fingerprint density at radius 2 is 1.88 bits per heavy atom. The maximum absolute atomic E-state index is 13.3. The molecular formula is C19H28FN3OS. The average Bonchev–Trinajstić information content (AvgIpc) is 2.98. The van der Waals surface area contributed by atoms with E-state index in [1.807, 2.05) is 18.7 Å². The number of carbonyl (C=O) groups excluding carboxylic acids is 1. The Kier molecular flexibility index (Phi) is 6.76. The summed E-state index contributed by atoms with van der Waals surface area (Å²) in [6.45, 7) is 10.1. The normalized spacial score (nSPS) is 20.2. The van der Waals surface area contributed by atoms with E-state index in [1.54, 1.807) is 12.1 Å². The predicted molar refractivity (Wildman–Crippen MR) is 103 cm³/mol. The number of nitrogens with one attached hydrogen (secondary N) is 2. The van der Waals surface area contributed by atoms with E-state index in [0.29, 0.717) is 30.7 Å². The molecule has 2 N–H and O–H groups in total. The smallest absolute Gasteiger partial charge is 0.225 e. The summed E-state index contributed by atoms with van der Waals surface area (Å²) in [6, 6.07) is 6.68. The molecule has 4 nitrogen and oxygen atoms in total. The van der Waals surface area contributed by atoms with Crippen LogP contribution < -0.4 is 10.6 Å². The van der Waals surface area contributed by atoms with E-state index in [4.69, 9.17) is 12.2 Å². The molecule has 1 aliphatic heterocycles. The minimum Gasteiger partial charge on any atom is -0.360 e. The van der Waals surface area contributed by atoms with Gasteiger partial charge < -0.3 is 15.5 Å². The van der Waals surface area contributed by atoms with Crippen molar-refractivity contribution in [2.75, 3.05) is 19.6 Å². The Labute approximate surface area is 155 Å². The van der Waals surface area contributed by atoms with Crippen molar-refractivity contribution in [3.8, 4) is 0 Å². The first-order chi connectivity index (χ1) is 11.8. The summed E-state index contributed by atoms with van der Waals surface area (Å²) in [5.41, 5.74) is 0.973. The summed E-state index contributed by atoms with van der Waals surface area (Å²) in [5, 5.41) is 6.94. The first-order valence-electron chi connectivity index (χ1n) is 8.86. The molecule has 6 heteroatoms. The van der Waals surface area contributed by atoms with Gasteiger partial charge in [-0.3, -0.25) is 4.79 Å². The summed E-state index contributed by atoms with van der Waals surface area (Å²) < 4.78 is 13.3. The van der Waals surface area contributed by atoms with E-state index in [1.165, 1.54) is 12.1 Å². The average molecular weight is 366 g/mol. The van der Waals surface area contributed by atoms with Crippen LogP contribution in [0.25, 0.3) is 0 Å². The molecule has 1 aliphatic rings. The van der Waals surface area contributed by atoms with E-state index in [2.05, 4.69) is 24.5 Å². The number of rotatable bonds is 5. The molecule has 0 aromatic heterocycles. The summed E-state index contributed by atoms with van der Waals surface area (Å²) in [4.78, 5) is 14.8. The van der Waals surface area contributed by atoms with Gasteiger partial charge in [-0.1, -0.05) is 26.0 Å². The molecule has 1 aromatic rings. The van der Waals surface area contributed by atoms with E-state index >= 15 is 0 Å². The van der Waals surface area contributed by atoms with Gasteiger partial charge in [-0.25, -0.2) is 4.39 Å². The second-order valence-electron chi connectivity index (χ2n) is 7.41. The second kappa shape index (κ2) is 8.61. The molecule has 0 spiro atoms. The number of hydrogen-bond donors (Lipinski definition) is 2. The first kappa shape index (κ1) is 19.6. The summed E-state index contributed by atoms with van der Waals surface area (Å²) in [6.07, 6.45) is 0. The number of benzene rings is 1. The number of carbonyl (C=O) groups is 1. The molecule has 1 heterocycles. The third-order valence-corrected chi connectivity index (χ3v) is 4.71. The number of amides is 1. The minimum atomic E-state index is -0.267. The Bertz CT molecular complexity index is 603. The molecular weight excluding hydrogens is 337 g/mol. The van der Waals surface area contributed by atoms with Gasteiger partial charge in [0.1, 0.15) is 5.82 Å². The molecule has 25 heavy (non-hydrogen) atoms. The molecule has 1 aromatic carbocycles. The van der Waals surface area contributed by atoms with Crippen molar-refractivity contribution in [1.29, 1.82) is 0 Å². The highest BCUT2D eigenvalue weighted by Gasteiger charge is 2.39. The number of thiocarbonyl (C=S) groups is 1. The zero-order chi connectivity index (χ0) is 18.6. The highest BCUT2D eigenvalue weighted by atomic mass is 32.1. The lowest BCUT2D eigenvalue weighted by Gasteiger charge is -2.22. The zero-order valence-electron chi connectivity index (χ0n) is 15.4. The molecule has 0 bridgehead atoms. The van der Waals surface area contributed by atoms with E-state index < -0.39 is 0 Å². The van der Waals surface area contributed by atoms with Crippen molar-refractivity contribution < 1.29 is 9.18 Å². The molecule has 1 amide bonds. The van der Waals surface area contributed by atoms with Crippen molar-refractivity contribution >= 4 is 23.2 Å². The van der Waals surface area contributed by atoms with E-state index in [0.717, 1.165) is 5.56 Å². The second-order valence-corrected chi connectivity index (χ2v) is 7.80. The summed E-state index contributed by atoms with van der Waals surface area (Å²) in [7, 11) is 0. The predicted octanol–water partition coefficient (Wildman–Crippen LogP) is 2.90. The monoisotopic (exact) mass is 365 g/mol. The summed E-state index contributed by atoms with van der Waals surface area (Å²) in [5.74, 6) is -0.0283. The van der Waals surface area contributed by atoms with Gasteiger partial charge in [0.25, 0.3) is 0 Å². The van der Waals surface area contributed by atoms with E-state index in [-0.39, 0.29) is 29.6 Å². The molecule has 1 saturated heterocycles. The van der Waals surface area contributed by atoms with Gasteiger partial charge in [0, 0.05) is 31.6 Å². The van der Waals surface area contributed by atoms with Crippen molar-refractivity contribution in [1.82, 2.24) is 15.5 Å². The van der Waals surface area contributed by atoms with Gasteiger partial charge in [0.05, 0.1) is 5.92 Å². The molecule has 1 fully saturated rings. The van der Waals surface area contributed by atoms with Crippen LogP contribution in [0.5, 0.6) is 0 Å². The SMILES string of the molecule is CC(C)CNC(=O)[C@@H]1CN(C(=S)NC(C)C)C[C@@H]1c1ccc(F)cc1. The van der Waals surface area contributed by atoms with Crippen LogP contribution in [0.3, 0.4) is 0 Å². The molecule has 0 aliphatic carbocycles. The largest absolute Gasteiger partial charge is 0.360 e. The van der Waals surface area contributed by atoms with Gasteiger partial charge >= 0.3 is 0 Å². The number of halogens is 1. The molecule has 138 valence electrons. The first-order valence-corrected chi connectivity index (χ1v) is 9.27. The Hall–Kier alpha value is -1.69. The van der Waals surface area contributed by atoms with Crippen molar-refractivity contribution in [2.24, 2.45) is 11.8 Å². The van der Waals surface area contributed by atoms with Crippen LogP contribution in [0.4, 0.5) is 4.39 Å². The standard InChI is InChI=1S/C19H28FN3OS/c1-12(2)9-21-18(24)17-11-23(19(25)22-13(3)4)10-16(17)14-5-7-15(20)8-6-14/h5-8,12-13,16-17H,9-11H2,1-4H3,(H,21,24)(H,22,25)/t16-,17-/m1/s1. The highest BCUT2D eigenvalue weighted by Crippen LogP contribution is 2.33. The lowest BCUT2D eigenvalue weighted by atomic mass is 9.88.